The summed E-state index contributed by atoms with van der Waals surface area (Å²) in [4.78, 5) is -0.0888. The van der Waals surface area contributed by atoms with Crippen LogP contribution in [0.25, 0.3) is 10.8 Å². The Labute approximate surface area is 194 Å². The van der Waals surface area contributed by atoms with Gasteiger partial charge in [0.2, 0.25) is 0 Å². The molecule has 0 atom stereocenters. The van der Waals surface area contributed by atoms with Crippen molar-refractivity contribution in [2.24, 2.45) is 0 Å². The third-order valence-electron chi connectivity index (χ3n) is 4.49. The second kappa shape index (κ2) is 11.2. The minimum Gasteiger partial charge on any atom is -0.744 e. The smallest absolute Gasteiger partial charge is 0.744 e. The number of aryl methyl sites for hydroxylation is 2. The molecule has 5 heteroatoms. The molecule has 0 aliphatic carbocycles. The van der Waals surface area contributed by atoms with Gasteiger partial charge in [0.1, 0.15) is 10.1 Å². The van der Waals surface area contributed by atoms with Crippen LogP contribution in [0, 0.1) is 0 Å². The van der Waals surface area contributed by atoms with Gasteiger partial charge in [-0.15, -0.1) is 0 Å². The Bertz CT molecular complexity index is 785. The topological polar surface area (TPSA) is 57.2 Å². The van der Waals surface area contributed by atoms with Crippen LogP contribution >= 0.6 is 0 Å². The van der Waals surface area contributed by atoms with Crippen LogP contribution in [0.15, 0.2) is 35.2 Å². The van der Waals surface area contributed by atoms with Gasteiger partial charge in [0.05, 0.1) is 4.90 Å². The van der Waals surface area contributed by atoms with Crippen LogP contribution in [0.2, 0.25) is 0 Å². The minimum atomic E-state index is -4.46. The average Bonchev–Trinajstić information content (AvgIpc) is 2.54. The fraction of sp³-hybridized carbons (Fsp3) is 0.500. The third-order valence-corrected chi connectivity index (χ3v) is 5.38. The Balaban J connectivity index is 0.00000312. The van der Waals surface area contributed by atoms with Crippen molar-refractivity contribution in [1.29, 1.82) is 0 Å². The van der Waals surface area contributed by atoms with E-state index in [2.05, 4.69) is 19.9 Å². The van der Waals surface area contributed by atoms with Gasteiger partial charge in [-0.25, -0.2) is 8.42 Å². The number of rotatable bonds is 9. The molecular formula is C20H27KO3S. The molecule has 0 N–H and O–H groups in total. The standard InChI is InChI=1S/C20H28O3S.K/c1-3-5-7-10-16-14-17(11-8-6-4-2)18-12-9-13-20(19(18)15-16)24(21,22)23;/h9,12-15H,3-8,10-11H2,1-2H3,(H,21,22,23);/q;+1/p-1. The first-order valence-electron chi connectivity index (χ1n) is 8.97. The van der Waals surface area contributed by atoms with Gasteiger partial charge >= 0.3 is 51.4 Å². The molecule has 0 unspecified atom stereocenters. The molecule has 0 radical (unpaired) electrons. The van der Waals surface area contributed by atoms with E-state index in [1.54, 1.807) is 6.07 Å². The molecule has 0 saturated heterocycles. The third kappa shape index (κ3) is 6.72. The van der Waals surface area contributed by atoms with E-state index >= 15 is 0 Å². The zero-order valence-corrected chi connectivity index (χ0v) is 19.6. The molecule has 0 saturated carbocycles. The minimum absolute atomic E-state index is 0. The second-order valence-corrected chi connectivity index (χ2v) is 7.82. The van der Waals surface area contributed by atoms with Crippen LogP contribution in [0.5, 0.6) is 0 Å². The summed E-state index contributed by atoms with van der Waals surface area (Å²) in [6.45, 7) is 4.33. The van der Waals surface area contributed by atoms with Crippen molar-refractivity contribution in [3.63, 3.8) is 0 Å². The van der Waals surface area contributed by atoms with E-state index in [9.17, 15) is 13.0 Å². The molecule has 2 aromatic rings. The number of hydrogen-bond acceptors (Lipinski definition) is 3. The maximum atomic E-state index is 11.6. The van der Waals surface area contributed by atoms with E-state index in [4.69, 9.17) is 0 Å². The summed E-state index contributed by atoms with van der Waals surface area (Å²) in [7, 11) is -4.46. The second-order valence-electron chi connectivity index (χ2n) is 6.47. The normalized spacial score (nSPS) is 11.5. The van der Waals surface area contributed by atoms with Crippen LogP contribution in [-0.4, -0.2) is 13.0 Å². The van der Waals surface area contributed by atoms with Crippen molar-refractivity contribution < 1.29 is 64.4 Å². The maximum absolute atomic E-state index is 11.6. The maximum Gasteiger partial charge on any atom is 1.00 e. The first kappa shape index (κ1) is 23.3. The first-order valence-corrected chi connectivity index (χ1v) is 10.4. The zero-order valence-electron chi connectivity index (χ0n) is 15.7. The molecule has 2 aromatic carbocycles. The molecule has 0 aliphatic rings. The summed E-state index contributed by atoms with van der Waals surface area (Å²) < 4.78 is 34.9. The predicted octanol–water partition coefficient (Wildman–Crippen LogP) is 2.21. The molecule has 0 spiro atoms. The first-order chi connectivity index (χ1) is 11.5. The van der Waals surface area contributed by atoms with Gasteiger partial charge in [-0.05, 0) is 59.7 Å². The summed E-state index contributed by atoms with van der Waals surface area (Å²) in [5.74, 6) is 0. The van der Waals surface area contributed by atoms with Crippen molar-refractivity contribution in [2.45, 2.75) is 70.1 Å². The predicted molar refractivity (Wildman–Crippen MR) is 98.4 cm³/mol. The van der Waals surface area contributed by atoms with Gasteiger partial charge in [0.25, 0.3) is 0 Å². The molecule has 0 aromatic heterocycles. The zero-order chi connectivity index (χ0) is 17.6. The van der Waals surface area contributed by atoms with Gasteiger partial charge in [0.15, 0.2) is 0 Å². The van der Waals surface area contributed by atoms with E-state index in [0.717, 1.165) is 67.9 Å². The average molecular weight is 387 g/mol. The fourth-order valence-corrected chi connectivity index (χ4v) is 3.90. The summed E-state index contributed by atoms with van der Waals surface area (Å²) in [6.07, 6.45) is 8.63. The Morgan fingerprint density at radius 1 is 0.880 bits per heavy atom. The fourth-order valence-electron chi connectivity index (χ4n) is 3.22. The van der Waals surface area contributed by atoms with E-state index in [-0.39, 0.29) is 56.3 Å². The molecule has 0 heterocycles. The van der Waals surface area contributed by atoms with Crippen LogP contribution in [0.1, 0.15) is 63.5 Å². The summed E-state index contributed by atoms with van der Waals surface area (Å²) in [6, 6.07) is 9.14. The van der Waals surface area contributed by atoms with Crippen molar-refractivity contribution in [3.05, 3.63) is 41.5 Å². The van der Waals surface area contributed by atoms with E-state index in [1.165, 1.54) is 6.07 Å². The molecule has 0 aliphatic heterocycles. The number of unbranched alkanes of at least 4 members (excludes halogenated alkanes) is 4. The van der Waals surface area contributed by atoms with Gasteiger partial charge in [-0.1, -0.05) is 57.7 Å². The SMILES string of the molecule is CCCCCc1cc(CCCCC)c2cccc(S(=O)(=O)[O-])c2c1.[K+]. The van der Waals surface area contributed by atoms with E-state index < -0.39 is 10.1 Å². The molecule has 132 valence electrons. The largest absolute Gasteiger partial charge is 1.00 e. The molecular weight excluding hydrogens is 359 g/mol. The van der Waals surface area contributed by atoms with Crippen molar-refractivity contribution in [2.75, 3.05) is 0 Å². The van der Waals surface area contributed by atoms with Gasteiger partial charge in [-0.2, -0.15) is 0 Å². The number of benzene rings is 2. The molecule has 0 amide bonds. The van der Waals surface area contributed by atoms with Crippen LogP contribution in [0.4, 0.5) is 0 Å². The van der Waals surface area contributed by atoms with Crippen LogP contribution in [0.3, 0.4) is 0 Å². The number of fused-ring (bicyclic) bond motifs is 1. The van der Waals surface area contributed by atoms with Gasteiger partial charge in [0, 0.05) is 0 Å². The molecule has 2 rings (SSSR count). The Morgan fingerprint density at radius 3 is 2.12 bits per heavy atom. The van der Waals surface area contributed by atoms with Crippen molar-refractivity contribution >= 4 is 20.9 Å². The quantitative estimate of drug-likeness (QED) is 0.377. The van der Waals surface area contributed by atoms with Crippen LogP contribution < -0.4 is 51.4 Å². The van der Waals surface area contributed by atoms with Gasteiger partial charge < -0.3 is 4.55 Å². The van der Waals surface area contributed by atoms with Crippen molar-refractivity contribution in [3.8, 4) is 0 Å². The van der Waals surface area contributed by atoms with E-state index in [0.29, 0.717) is 5.39 Å². The Kier molecular flexibility index (Phi) is 10.4. The van der Waals surface area contributed by atoms with Crippen LogP contribution in [-0.2, 0) is 23.0 Å². The van der Waals surface area contributed by atoms with Gasteiger partial charge in [-0.3, -0.25) is 0 Å². The summed E-state index contributed by atoms with van der Waals surface area (Å²) in [5.41, 5.74) is 2.30. The molecule has 25 heavy (non-hydrogen) atoms. The molecule has 0 fully saturated rings. The number of hydrogen-bond donors (Lipinski definition) is 0. The summed E-state index contributed by atoms with van der Waals surface area (Å²) >= 11 is 0. The molecule has 0 bridgehead atoms. The summed E-state index contributed by atoms with van der Waals surface area (Å²) in [5, 5.41) is 1.50. The Morgan fingerprint density at radius 2 is 1.52 bits per heavy atom. The monoisotopic (exact) mass is 386 g/mol. The van der Waals surface area contributed by atoms with Crippen molar-refractivity contribution in [1.82, 2.24) is 0 Å². The Hall–Kier alpha value is 0.246. The van der Waals surface area contributed by atoms with E-state index in [1.807, 2.05) is 12.1 Å². The molecule has 3 nitrogen and oxygen atoms in total.